The lowest BCUT2D eigenvalue weighted by Crippen LogP contribution is -2.50. The molecular formula is C18H34IN7O. The van der Waals surface area contributed by atoms with Crippen molar-refractivity contribution in [3.8, 4) is 0 Å². The Kier molecular flexibility index (Phi) is 9.48. The first-order valence-corrected chi connectivity index (χ1v) is 9.45. The maximum Gasteiger partial charge on any atom is 0.239 e. The predicted molar refractivity (Wildman–Crippen MR) is 118 cm³/mol. The first-order chi connectivity index (χ1) is 12.2. The van der Waals surface area contributed by atoms with Gasteiger partial charge in [0.2, 0.25) is 5.91 Å². The average molecular weight is 491 g/mol. The highest BCUT2D eigenvalue weighted by Crippen LogP contribution is 2.17. The van der Waals surface area contributed by atoms with Gasteiger partial charge in [-0.15, -0.1) is 34.2 Å². The van der Waals surface area contributed by atoms with E-state index in [9.17, 15) is 4.79 Å². The molecule has 0 aliphatic heterocycles. The number of amides is 1. The Morgan fingerprint density at radius 1 is 1.22 bits per heavy atom. The van der Waals surface area contributed by atoms with Gasteiger partial charge in [0.15, 0.2) is 11.8 Å². The topological polar surface area (TPSA) is 96.2 Å². The molecule has 1 amide bonds. The molecule has 3 N–H and O–H groups in total. The van der Waals surface area contributed by atoms with Gasteiger partial charge in [0.1, 0.15) is 12.4 Å². The van der Waals surface area contributed by atoms with Crippen LogP contribution in [0.15, 0.2) is 4.99 Å². The van der Waals surface area contributed by atoms with Crippen molar-refractivity contribution >= 4 is 35.8 Å². The molecule has 2 rings (SSSR count). The van der Waals surface area contributed by atoms with Crippen molar-refractivity contribution in [3.63, 3.8) is 0 Å². The molecule has 0 atom stereocenters. The fraction of sp³-hybridized carbons (Fsp3) is 0.778. The van der Waals surface area contributed by atoms with Crippen LogP contribution in [0, 0.1) is 6.92 Å². The van der Waals surface area contributed by atoms with Crippen molar-refractivity contribution < 1.29 is 4.79 Å². The second-order valence-electron chi connectivity index (χ2n) is 8.02. The molecule has 0 spiro atoms. The van der Waals surface area contributed by atoms with E-state index >= 15 is 0 Å². The molecule has 1 saturated carbocycles. The monoisotopic (exact) mass is 491 g/mol. The Balaban J connectivity index is 0.00000364. The summed E-state index contributed by atoms with van der Waals surface area (Å²) in [6, 6.07) is 0.405. The normalized spacial score (nSPS) is 15.8. The molecule has 154 valence electrons. The minimum Gasteiger partial charge on any atom is -0.354 e. The van der Waals surface area contributed by atoms with Crippen LogP contribution in [0.25, 0.3) is 0 Å². The predicted octanol–water partition coefficient (Wildman–Crippen LogP) is 2.02. The van der Waals surface area contributed by atoms with E-state index in [-0.39, 0.29) is 42.0 Å². The molecule has 27 heavy (non-hydrogen) atoms. The van der Waals surface area contributed by atoms with Gasteiger partial charge in [-0.25, -0.2) is 4.99 Å². The number of nitrogens with zero attached hydrogens (tertiary/aromatic N) is 4. The highest BCUT2D eigenvalue weighted by Gasteiger charge is 2.17. The fourth-order valence-electron chi connectivity index (χ4n) is 2.96. The lowest BCUT2D eigenvalue weighted by atomic mass is 9.96. The van der Waals surface area contributed by atoms with Crippen molar-refractivity contribution in [2.75, 3.05) is 6.54 Å². The molecule has 1 fully saturated rings. The highest BCUT2D eigenvalue weighted by molar-refractivity contribution is 14.0. The van der Waals surface area contributed by atoms with Gasteiger partial charge in [0.25, 0.3) is 0 Å². The summed E-state index contributed by atoms with van der Waals surface area (Å²) in [4.78, 5) is 16.7. The van der Waals surface area contributed by atoms with E-state index in [1.54, 1.807) is 0 Å². The van der Waals surface area contributed by atoms with Gasteiger partial charge in [-0.05, 0) is 40.5 Å². The van der Waals surface area contributed by atoms with Gasteiger partial charge in [0, 0.05) is 18.6 Å². The Morgan fingerprint density at radius 2 is 1.89 bits per heavy atom. The van der Waals surface area contributed by atoms with Gasteiger partial charge in [-0.1, -0.05) is 19.3 Å². The van der Waals surface area contributed by atoms with Crippen LogP contribution in [0.2, 0.25) is 0 Å². The van der Waals surface area contributed by atoms with E-state index in [1.807, 2.05) is 39.3 Å². The number of nitrogens with one attached hydrogen (secondary N) is 3. The lowest BCUT2D eigenvalue weighted by Gasteiger charge is -2.25. The summed E-state index contributed by atoms with van der Waals surface area (Å²) in [5.74, 6) is 2.26. The van der Waals surface area contributed by atoms with Gasteiger partial charge in [0.05, 0.1) is 6.54 Å². The first-order valence-electron chi connectivity index (χ1n) is 9.45. The second kappa shape index (κ2) is 10.8. The van der Waals surface area contributed by atoms with E-state index in [4.69, 9.17) is 0 Å². The summed E-state index contributed by atoms with van der Waals surface area (Å²) < 4.78 is 1.92. The van der Waals surface area contributed by atoms with E-state index in [0.717, 1.165) is 24.5 Å². The number of aromatic nitrogens is 3. The summed E-state index contributed by atoms with van der Waals surface area (Å²) in [5, 5.41) is 17.8. The molecule has 8 nitrogen and oxygen atoms in total. The maximum absolute atomic E-state index is 12.1. The smallest absolute Gasteiger partial charge is 0.239 e. The Morgan fingerprint density at radius 3 is 2.44 bits per heavy atom. The highest BCUT2D eigenvalue weighted by atomic mass is 127. The number of hydrogen-bond acceptors (Lipinski definition) is 4. The summed E-state index contributed by atoms with van der Waals surface area (Å²) in [6.07, 6.45) is 6.04. The molecule has 1 aliphatic carbocycles. The van der Waals surface area contributed by atoms with Gasteiger partial charge in [-0.2, -0.15) is 0 Å². The van der Waals surface area contributed by atoms with Crippen molar-refractivity contribution in [1.82, 2.24) is 30.7 Å². The molecule has 0 bridgehead atoms. The third kappa shape index (κ3) is 8.44. The molecule has 0 aromatic carbocycles. The van der Waals surface area contributed by atoms with E-state index in [0.29, 0.717) is 18.5 Å². The summed E-state index contributed by atoms with van der Waals surface area (Å²) >= 11 is 0. The summed E-state index contributed by atoms with van der Waals surface area (Å²) in [6.45, 7) is 8.42. The number of hydrogen-bond donors (Lipinski definition) is 3. The molecule has 9 heteroatoms. The zero-order chi connectivity index (χ0) is 19.2. The molecular weight excluding hydrogens is 457 g/mol. The van der Waals surface area contributed by atoms with Crippen LogP contribution < -0.4 is 16.0 Å². The SMILES string of the molecule is Cc1nnc(CN=C(NCC(=O)NC(C)(C)C)NC2CCCCC2)n1C.I. The number of carbonyl (C=O) groups is 1. The van der Waals surface area contributed by atoms with Gasteiger partial charge in [-0.3, -0.25) is 4.79 Å². The fourth-order valence-corrected chi connectivity index (χ4v) is 2.96. The molecule has 0 radical (unpaired) electrons. The Labute approximate surface area is 179 Å². The van der Waals surface area contributed by atoms with E-state index in [1.165, 1.54) is 19.3 Å². The van der Waals surface area contributed by atoms with Crippen molar-refractivity contribution in [2.45, 2.75) is 77.9 Å². The zero-order valence-corrected chi connectivity index (χ0v) is 19.5. The van der Waals surface area contributed by atoms with Crippen LogP contribution in [0.5, 0.6) is 0 Å². The minimum absolute atomic E-state index is 0. The molecule has 1 aromatic heterocycles. The number of halogens is 1. The number of carbonyl (C=O) groups excluding carboxylic acids is 1. The third-order valence-corrected chi connectivity index (χ3v) is 4.44. The molecule has 1 heterocycles. The van der Waals surface area contributed by atoms with E-state index < -0.39 is 0 Å². The average Bonchev–Trinajstić information content (AvgIpc) is 2.88. The largest absolute Gasteiger partial charge is 0.354 e. The van der Waals surface area contributed by atoms with Crippen molar-refractivity contribution in [1.29, 1.82) is 0 Å². The zero-order valence-electron chi connectivity index (χ0n) is 17.1. The number of aliphatic imine (C=N–C) groups is 1. The van der Waals surface area contributed by atoms with Crippen LogP contribution in [0.3, 0.4) is 0 Å². The first kappa shape index (κ1) is 23.6. The molecule has 1 aromatic rings. The number of aryl methyl sites for hydroxylation is 1. The third-order valence-electron chi connectivity index (χ3n) is 4.44. The summed E-state index contributed by atoms with van der Waals surface area (Å²) in [5.41, 5.74) is -0.247. The quantitative estimate of drug-likeness (QED) is 0.333. The van der Waals surface area contributed by atoms with Crippen LogP contribution in [-0.2, 0) is 18.4 Å². The molecule has 0 saturated heterocycles. The van der Waals surface area contributed by atoms with Gasteiger partial charge >= 0.3 is 0 Å². The van der Waals surface area contributed by atoms with Crippen LogP contribution in [0.1, 0.15) is 64.5 Å². The van der Waals surface area contributed by atoms with Crippen LogP contribution >= 0.6 is 24.0 Å². The summed E-state index contributed by atoms with van der Waals surface area (Å²) in [7, 11) is 1.93. The molecule has 1 aliphatic rings. The second-order valence-corrected chi connectivity index (χ2v) is 8.02. The number of rotatable bonds is 5. The molecule has 0 unspecified atom stereocenters. The van der Waals surface area contributed by atoms with Crippen LogP contribution in [0.4, 0.5) is 0 Å². The lowest BCUT2D eigenvalue weighted by molar-refractivity contribution is -0.121. The Bertz CT molecular complexity index is 630. The maximum atomic E-state index is 12.1. The standard InChI is InChI=1S/C18H33N7O.HI/c1-13-23-24-15(25(13)5)11-19-17(21-14-9-7-6-8-10-14)20-12-16(26)22-18(2,3)4;/h14H,6-12H2,1-5H3,(H,22,26)(H2,19,20,21);1H. The van der Waals surface area contributed by atoms with Crippen molar-refractivity contribution in [2.24, 2.45) is 12.0 Å². The van der Waals surface area contributed by atoms with Crippen LogP contribution in [-0.4, -0.2) is 44.8 Å². The van der Waals surface area contributed by atoms with Crippen molar-refractivity contribution in [3.05, 3.63) is 11.6 Å². The van der Waals surface area contributed by atoms with E-state index in [2.05, 4.69) is 31.1 Å². The number of guanidine groups is 1. The van der Waals surface area contributed by atoms with Gasteiger partial charge < -0.3 is 20.5 Å². The minimum atomic E-state index is -0.247. The Hall–Kier alpha value is -1.39.